The first-order valence-corrected chi connectivity index (χ1v) is 13.4. The Kier molecular flexibility index (Phi) is 10.8. The van der Waals surface area contributed by atoms with Gasteiger partial charge in [0.1, 0.15) is 6.61 Å². The number of benzene rings is 2. The minimum atomic E-state index is -2.47. The van der Waals surface area contributed by atoms with Gasteiger partial charge in [0, 0.05) is 11.1 Å². The van der Waals surface area contributed by atoms with Gasteiger partial charge in [0.2, 0.25) is 0 Å². The second kappa shape index (κ2) is 13.9. The lowest BCUT2D eigenvalue weighted by atomic mass is 9.66. The number of hydrogen-bond donors (Lipinski definition) is 2. The molecule has 1 aliphatic rings. The molecule has 1 unspecified atom stereocenters. The van der Waals surface area contributed by atoms with E-state index in [0.717, 1.165) is 25.9 Å². The molecule has 5 heteroatoms. The van der Waals surface area contributed by atoms with E-state index >= 15 is 0 Å². The SMILES string of the molecule is O=[P+](O)OCCCNCc1ccc(CCCCCC2(c3ccccc3)CCCCC2)cc1. The summed E-state index contributed by atoms with van der Waals surface area (Å²) in [5.41, 5.74) is 4.69. The Hall–Kier alpha value is -1.58. The zero-order chi connectivity index (χ0) is 22.5. The van der Waals surface area contributed by atoms with Gasteiger partial charge in [0.25, 0.3) is 0 Å². The van der Waals surface area contributed by atoms with Crippen LogP contribution in [0.15, 0.2) is 54.6 Å². The summed E-state index contributed by atoms with van der Waals surface area (Å²) in [5, 5.41) is 3.35. The summed E-state index contributed by atoms with van der Waals surface area (Å²) in [5.74, 6) is 0. The Labute approximate surface area is 194 Å². The van der Waals surface area contributed by atoms with Gasteiger partial charge in [0.15, 0.2) is 0 Å². The fourth-order valence-corrected chi connectivity index (χ4v) is 5.35. The molecule has 32 heavy (non-hydrogen) atoms. The van der Waals surface area contributed by atoms with Crippen LogP contribution in [0.25, 0.3) is 0 Å². The van der Waals surface area contributed by atoms with Gasteiger partial charge in [-0.3, -0.25) is 0 Å². The van der Waals surface area contributed by atoms with Gasteiger partial charge in [-0.05, 0) is 67.2 Å². The summed E-state index contributed by atoms with van der Waals surface area (Å²) < 4.78 is 15.1. The highest BCUT2D eigenvalue weighted by molar-refractivity contribution is 7.32. The van der Waals surface area contributed by atoms with Crippen LogP contribution >= 0.6 is 8.25 Å². The van der Waals surface area contributed by atoms with Crippen LogP contribution in [0.4, 0.5) is 0 Å². The molecule has 0 saturated heterocycles. The predicted octanol–water partition coefficient (Wildman–Crippen LogP) is 6.84. The molecule has 0 aromatic heterocycles. The molecule has 1 aliphatic carbocycles. The highest BCUT2D eigenvalue weighted by atomic mass is 31.1. The van der Waals surface area contributed by atoms with E-state index < -0.39 is 8.25 Å². The first-order chi connectivity index (χ1) is 15.7. The minimum Gasteiger partial charge on any atom is -0.313 e. The Bertz CT molecular complexity index is 788. The Morgan fingerprint density at radius 1 is 0.875 bits per heavy atom. The Morgan fingerprint density at radius 2 is 1.59 bits per heavy atom. The molecule has 0 spiro atoms. The van der Waals surface area contributed by atoms with Crippen LogP contribution in [-0.4, -0.2) is 18.0 Å². The summed E-state index contributed by atoms with van der Waals surface area (Å²) in [7, 11) is -2.47. The van der Waals surface area contributed by atoms with E-state index in [4.69, 9.17) is 4.89 Å². The van der Waals surface area contributed by atoms with Crippen molar-refractivity contribution in [3.05, 3.63) is 71.3 Å². The zero-order valence-electron chi connectivity index (χ0n) is 19.3. The molecule has 174 valence electrons. The van der Waals surface area contributed by atoms with Gasteiger partial charge in [-0.25, -0.2) is 0 Å². The topological polar surface area (TPSA) is 58.6 Å². The van der Waals surface area contributed by atoms with Gasteiger partial charge in [0.05, 0.1) is 0 Å². The van der Waals surface area contributed by atoms with E-state index in [1.165, 1.54) is 68.9 Å². The molecule has 0 radical (unpaired) electrons. The molecule has 0 heterocycles. The second-order valence-corrected chi connectivity index (χ2v) is 9.92. The van der Waals surface area contributed by atoms with Crippen LogP contribution in [-0.2, 0) is 27.5 Å². The van der Waals surface area contributed by atoms with Crippen LogP contribution in [0, 0.1) is 0 Å². The van der Waals surface area contributed by atoms with Gasteiger partial charge >= 0.3 is 8.25 Å². The fraction of sp³-hybridized carbons (Fsp3) is 0.556. The van der Waals surface area contributed by atoms with Gasteiger partial charge in [-0.1, -0.05) is 86.7 Å². The van der Waals surface area contributed by atoms with E-state index in [9.17, 15) is 4.57 Å². The van der Waals surface area contributed by atoms with Crippen molar-refractivity contribution < 1.29 is 14.0 Å². The van der Waals surface area contributed by atoms with E-state index in [-0.39, 0.29) is 0 Å². The highest BCUT2D eigenvalue weighted by Crippen LogP contribution is 2.43. The average Bonchev–Trinajstić information content (AvgIpc) is 2.83. The van der Waals surface area contributed by atoms with Gasteiger partial charge in [-0.15, -0.1) is 9.42 Å². The lowest BCUT2D eigenvalue weighted by Crippen LogP contribution is -2.29. The summed E-state index contributed by atoms with van der Waals surface area (Å²) in [6.45, 7) is 1.90. The smallest absolute Gasteiger partial charge is 0.313 e. The molecule has 2 aromatic carbocycles. The summed E-state index contributed by atoms with van der Waals surface area (Å²) in [4.78, 5) is 8.59. The molecular weight excluding hydrogens is 417 g/mol. The van der Waals surface area contributed by atoms with Crippen molar-refractivity contribution >= 4 is 8.25 Å². The third kappa shape index (κ3) is 8.41. The standard InChI is InChI=1S/C27H38NO3P/c29-32(30)31-22-10-21-28-23-25-16-14-24(15-17-25)11-4-2-7-18-27(19-8-3-9-20-27)26-12-5-1-6-13-26/h1,5-6,12-17,28H,2-4,7-11,18-23H2/p+1. The van der Waals surface area contributed by atoms with E-state index in [2.05, 4.69) is 64.4 Å². The summed E-state index contributed by atoms with van der Waals surface area (Å²) in [6, 6.07) is 20.2. The second-order valence-electron chi connectivity index (χ2n) is 9.19. The van der Waals surface area contributed by atoms with Crippen molar-refractivity contribution in [3.63, 3.8) is 0 Å². The summed E-state index contributed by atoms with van der Waals surface area (Å²) in [6.07, 6.45) is 14.0. The van der Waals surface area contributed by atoms with Crippen molar-refractivity contribution in [1.29, 1.82) is 0 Å². The van der Waals surface area contributed by atoms with Gasteiger partial charge in [-0.2, -0.15) is 0 Å². The van der Waals surface area contributed by atoms with Crippen molar-refractivity contribution in [1.82, 2.24) is 5.32 Å². The Balaban J connectivity index is 1.33. The zero-order valence-corrected chi connectivity index (χ0v) is 20.2. The lowest BCUT2D eigenvalue weighted by Gasteiger charge is -2.38. The third-order valence-electron chi connectivity index (χ3n) is 6.87. The van der Waals surface area contributed by atoms with Crippen molar-refractivity contribution in [2.45, 2.75) is 82.6 Å². The van der Waals surface area contributed by atoms with Crippen LogP contribution in [0.3, 0.4) is 0 Å². The number of hydrogen-bond acceptors (Lipinski definition) is 3. The number of unbranched alkanes of at least 4 members (excludes halogenated alkanes) is 2. The molecule has 4 nitrogen and oxygen atoms in total. The van der Waals surface area contributed by atoms with Crippen LogP contribution in [0.1, 0.15) is 80.9 Å². The number of nitrogens with one attached hydrogen (secondary N) is 1. The Morgan fingerprint density at radius 3 is 2.31 bits per heavy atom. The maximum absolute atomic E-state index is 10.4. The fourth-order valence-electron chi connectivity index (χ4n) is 5.07. The minimum absolute atomic E-state index is 0.310. The monoisotopic (exact) mass is 456 g/mol. The largest absolute Gasteiger partial charge is 0.694 e. The highest BCUT2D eigenvalue weighted by Gasteiger charge is 2.32. The van der Waals surface area contributed by atoms with Crippen molar-refractivity contribution in [2.75, 3.05) is 13.2 Å². The molecule has 1 atom stereocenters. The van der Waals surface area contributed by atoms with E-state index in [1.54, 1.807) is 5.56 Å². The van der Waals surface area contributed by atoms with Crippen LogP contribution in [0.2, 0.25) is 0 Å². The van der Waals surface area contributed by atoms with Gasteiger partial charge < -0.3 is 5.32 Å². The maximum Gasteiger partial charge on any atom is 0.694 e. The summed E-state index contributed by atoms with van der Waals surface area (Å²) >= 11 is 0. The number of rotatable bonds is 14. The average molecular weight is 457 g/mol. The number of aryl methyl sites for hydroxylation is 1. The predicted molar refractivity (Wildman–Crippen MR) is 132 cm³/mol. The normalized spacial score (nSPS) is 16.1. The molecular formula is C27H39NO3P+. The quantitative estimate of drug-likeness (QED) is 0.241. The molecule has 0 amide bonds. The molecule has 1 fully saturated rings. The van der Waals surface area contributed by atoms with E-state index in [1.807, 2.05) is 0 Å². The molecule has 3 rings (SSSR count). The van der Waals surface area contributed by atoms with Crippen LogP contribution in [0.5, 0.6) is 0 Å². The molecule has 2 aromatic rings. The first kappa shape index (κ1) is 25.1. The molecule has 0 bridgehead atoms. The van der Waals surface area contributed by atoms with E-state index in [0.29, 0.717) is 12.0 Å². The molecule has 2 N–H and O–H groups in total. The van der Waals surface area contributed by atoms with Crippen molar-refractivity contribution in [3.8, 4) is 0 Å². The lowest BCUT2D eigenvalue weighted by molar-refractivity contribution is 0.265. The molecule has 1 saturated carbocycles. The molecule has 0 aliphatic heterocycles. The van der Waals surface area contributed by atoms with Crippen molar-refractivity contribution in [2.24, 2.45) is 0 Å². The maximum atomic E-state index is 10.4. The first-order valence-electron chi connectivity index (χ1n) is 12.3. The van der Waals surface area contributed by atoms with Crippen LogP contribution < -0.4 is 5.32 Å². The third-order valence-corrected chi connectivity index (χ3v) is 7.27.